The summed E-state index contributed by atoms with van der Waals surface area (Å²) < 4.78 is 6.18. The van der Waals surface area contributed by atoms with Gasteiger partial charge in [-0.2, -0.15) is 0 Å². The van der Waals surface area contributed by atoms with Gasteiger partial charge in [-0.05, 0) is 23.0 Å². The predicted octanol–water partition coefficient (Wildman–Crippen LogP) is 6.01. The highest BCUT2D eigenvalue weighted by atomic mass is 16.3. The van der Waals surface area contributed by atoms with Gasteiger partial charge < -0.3 is 4.42 Å². The third kappa shape index (κ3) is 1.93. The number of hydrogen-bond acceptors (Lipinski definition) is 1. The molecule has 0 saturated heterocycles. The van der Waals surface area contributed by atoms with E-state index in [9.17, 15) is 0 Å². The van der Waals surface area contributed by atoms with Gasteiger partial charge in [0.1, 0.15) is 11.2 Å². The van der Waals surface area contributed by atoms with Crippen LogP contribution < -0.4 is 0 Å². The normalized spacial score (nSPS) is 12.7. The second-order valence-electron chi connectivity index (χ2n) is 6.91. The number of furan rings is 1. The van der Waals surface area contributed by atoms with Crippen LogP contribution in [0.15, 0.2) is 40.8 Å². The first kappa shape index (κ1) is 13.2. The van der Waals surface area contributed by atoms with Gasteiger partial charge in [-0.25, -0.2) is 0 Å². The molecule has 0 spiro atoms. The van der Waals surface area contributed by atoms with Gasteiger partial charge >= 0.3 is 0 Å². The Balaban J connectivity index is 2.46. The summed E-state index contributed by atoms with van der Waals surface area (Å²) in [5, 5.41) is 2.45. The first-order valence-electron chi connectivity index (χ1n) is 7.34. The van der Waals surface area contributed by atoms with Gasteiger partial charge in [-0.1, -0.05) is 65.0 Å². The number of para-hydroxylation sites is 1. The molecule has 20 heavy (non-hydrogen) atoms. The average molecular weight is 266 g/mol. The maximum atomic E-state index is 6.18. The SMILES string of the molecule is CC(C)c1c(C(C)(C)C)ccc2c1oc1ccccc12. The van der Waals surface area contributed by atoms with Crippen molar-refractivity contribution in [2.75, 3.05) is 0 Å². The Morgan fingerprint density at radius 2 is 1.60 bits per heavy atom. The Labute approximate surface area is 120 Å². The molecule has 0 radical (unpaired) electrons. The first-order valence-corrected chi connectivity index (χ1v) is 7.34. The van der Waals surface area contributed by atoms with E-state index in [-0.39, 0.29) is 5.41 Å². The third-order valence-corrected chi connectivity index (χ3v) is 3.97. The molecule has 1 aromatic heterocycles. The molecule has 1 nitrogen and oxygen atoms in total. The van der Waals surface area contributed by atoms with Crippen LogP contribution >= 0.6 is 0 Å². The molecule has 0 aliphatic carbocycles. The summed E-state index contributed by atoms with van der Waals surface area (Å²) in [6.07, 6.45) is 0. The summed E-state index contributed by atoms with van der Waals surface area (Å²) in [5.74, 6) is 0.452. The average Bonchev–Trinajstić information content (AvgIpc) is 2.74. The molecule has 0 amide bonds. The van der Waals surface area contributed by atoms with E-state index in [0.717, 1.165) is 11.2 Å². The molecule has 0 unspecified atom stereocenters. The van der Waals surface area contributed by atoms with Gasteiger partial charge in [-0.3, -0.25) is 0 Å². The zero-order valence-corrected chi connectivity index (χ0v) is 12.9. The molecular formula is C19H22O. The second kappa shape index (κ2) is 4.37. The monoisotopic (exact) mass is 266 g/mol. The lowest BCUT2D eigenvalue weighted by atomic mass is 9.80. The van der Waals surface area contributed by atoms with Gasteiger partial charge in [0.25, 0.3) is 0 Å². The number of hydrogen-bond donors (Lipinski definition) is 0. The Hall–Kier alpha value is -1.76. The van der Waals surface area contributed by atoms with Crippen molar-refractivity contribution in [1.29, 1.82) is 0 Å². The summed E-state index contributed by atoms with van der Waals surface area (Å²) in [6.45, 7) is 11.3. The lowest BCUT2D eigenvalue weighted by molar-refractivity contribution is 0.572. The molecule has 0 aliphatic heterocycles. The second-order valence-corrected chi connectivity index (χ2v) is 6.91. The van der Waals surface area contributed by atoms with Gasteiger partial charge in [0.05, 0.1) is 0 Å². The van der Waals surface area contributed by atoms with Crippen LogP contribution in [-0.2, 0) is 5.41 Å². The fraction of sp³-hybridized carbons (Fsp3) is 0.368. The Bertz CT molecular complexity index is 769. The van der Waals surface area contributed by atoms with Crippen molar-refractivity contribution in [2.24, 2.45) is 0 Å². The number of fused-ring (bicyclic) bond motifs is 3. The van der Waals surface area contributed by atoms with E-state index in [2.05, 4.69) is 65.0 Å². The van der Waals surface area contributed by atoms with Crippen LogP contribution in [0.4, 0.5) is 0 Å². The Morgan fingerprint density at radius 1 is 0.900 bits per heavy atom. The van der Waals surface area contributed by atoms with Crippen molar-refractivity contribution >= 4 is 21.9 Å². The number of rotatable bonds is 1. The third-order valence-electron chi connectivity index (χ3n) is 3.97. The maximum Gasteiger partial charge on any atom is 0.139 e. The van der Waals surface area contributed by atoms with Crippen LogP contribution in [0.2, 0.25) is 0 Å². The van der Waals surface area contributed by atoms with Crippen molar-refractivity contribution in [3.63, 3.8) is 0 Å². The minimum absolute atomic E-state index is 0.132. The van der Waals surface area contributed by atoms with Gasteiger partial charge in [0, 0.05) is 16.3 Å². The van der Waals surface area contributed by atoms with E-state index >= 15 is 0 Å². The van der Waals surface area contributed by atoms with Crippen molar-refractivity contribution in [3.05, 3.63) is 47.5 Å². The highest BCUT2D eigenvalue weighted by molar-refractivity contribution is 6.06. The molecule has 1 heteroatoms. The Kier molecular flexibility index (Phi) is 2.89. The molecule has 1 heterocycles. The topological polar surface area (TPSA) is 13.1 Å². The van der Waals surface area contributed by atoms with E-state index in [1.807, 2.05) is 6.07 Å². The summed E-state index contributed by atoms with van der Waals surface area (Å²) in [5.41, 5.74) is 4.92. The summed E-state index contributed by atoms with van der Waals surface area (Å²) in [4.78, 5) is 0. The quantitative estimate of drug-likeness (QED) is 0.526. The van der Waals surface area contributed by atoms with Gasteiger partial charge in [0.15, 0.2) is 0 Å². The van der Waals surface area contributed by atoms with Crippen LogP contribution in [0.25, 0.3) is 21.9 Å². The molecule has 0 aliphatic rings. The zero-order chi connectivity index (χ0) is 14.5. The summed E-state index contributed by atoms with van der Waals surface area (Å²) in [6, 6.07) is 12.8. The van der Waals surface area contributed by atoms with Crippen LogP contribution in [-0.4, -0.2) is 0 Å². The van der Waals surface area contributed by atoms with Crippen molar-refractivity contribution in [2.45, 2.75) is 46.0 Å². The highest BCUT2D eigenvalue weighted by Crippen LogP contribution is 2.39. The molecule has 2 aromatic carbocycles. The molecule has 0 fully saturated rings. The predicted molar refractivity (Wildman–Crippen MR) is 86.5 cm³/mol. The first-order chi connectivity index (χ1) is 9.39. The van der Waals surface area contributed by atoms with E-state index in [0.29, 0.717) is 5.92 Å². The zero-order valence-electron chi connectivity index (χ0n) is 12.9. The van der Waals surface area contributed by atoms with Gasteiger partial charge in [-0.15, -0.1) is 0 Å². The minimum atomic E-state index is 0.132. The van der Waals surface area contributed by atoms with Crippen LogP contribution in [0.1, 0.15) is 51.7 Å². The van der Waals surface area contributed by atoms with Crippen molar-refractivity contribution in [3.8, 4) is 0 Å². The summed E-state index contributed by atoms with van der Waals surface area (Å²) in [7, 11) is 0. The Morgan fingerprint density at radius 3 is 2.25 bits per heavy atom. The van der Waals surface area contributed by atoms with E-state index in [4.69, 9.17) is 4.42 Å². The molecule has 0 saturated carbocycles. The highest BCUT2D eigenvalue weighted by Gasteiger charge is 2.23. The lowest BCUT2D eigenvalue weighted by Gasteiger charge is -2.24. The molecule has 3 aromatic rings. The van der Waals surface area contributed by atoms with Crippen LogP contribution in [0, 0.1) is 0 Å². The fourth-order valence-corrected chi connectivity index (χ4v) is 3.04. The molecule has 0 atom stereocenters. The van der Waals surface area contributed by atoms with Crippen molar-refractivity contribution in [1.82, 2.24) is 0 Å². The largest absolute Gasteiger partial charge is 0.456 e. The lowest BCUT2D eigenvalue weighted by Crippen LogP contribution is -2.15. The molecule has 104 valence electrons. The number of benzene rings is 2. The van der Waals surface area contributed by atoms with E-state index < -0.39 is 0 Å². The summed E-state index contributed by atoms with van der Waals surface area (Å²) >= 11 is 0. The van der Waals surface area contributed by atoms with Crippen LogP contribution in [0.5, 0.6) is 0 Å². The molecule has 3 rings (SSSR count). The smallest absolute Gasteiger partial charge is 0.139 e. The molecule has 0 N–H and O–H groups in total. The minimum Gasteiger partial charge on any atom is -0.456 e. The van der Waals surface area contributed by atoms with Gasteiger partial charge in [0.2, 0.25) is 0 Å². The van der Waals surface area contributed by atoms with E-state index in [1.54, 1.807) is 0 Å². The fourth-order valence-electron chi connectivity index (χ4n) is 3.04. The van der Waals surface area contributed by atoms with E-state index in [1.165, 1.54) is 21.9 Å². The maximum absolute atomic E-state index is 6.18. The standard InChI is InChI=1S/C19H22O/c1-12(2)17-15(19(3,4)5)11-10-14-13-8-6-7-9-16(13)20-18(14)17/h6-12H,1-5H3. The van der Waals surface area contributed by atoms with Crippen LogP contribution in [0.3, 0.4) is 0 Å². The van der Waals surface area contributed by atoms with Crippen molar-refractivity contribution < 1.29 is 4.42 Å². The molecule has 0 bridgehead atoms. The molecular weight excluding hydrogens is 244 g/mol.